The van der Waals surface area contributed by atoms with Crippen LogP contribution in [0.1, 0.15) is 49.5 Å². The Morgan fingerprint density at radius 1 is 1.29 bits per heavy atom. The molecule has 2 N–H and O–H groups in total. The van der Waals surface area contributed by atoms with Crippen LogP contribution in [0.4, 0.5) is 17.2 Å². The summed E-state index contributed by atoms with van der Waals surface area (Å²) in [5, 5.41) is 6.08. The zero-order valence-corrected chi connectivity index (χ0v) is 19.0. The van der Waals surface area contributed by atoms with Gasteiger partial charge in [-0.05, 0) is 50.5 Å². The number of likely N-dealkylation sites (N-methyl/N-ethyl adjacent to an activating group) is 1. The summed E-state index contributed by atoms with van der Waals surface area (Å²) in [5.74, 6) is 1.36. The third-order valence-corrected chi connectivity index (χ3v) is 5.56. The van der Waals surface area contributed by atoms with Crippen molar-refractivity contribution in [2.75, 3.05) is 19.4 Å². The third-order valence-electron chi connectivity index (χ3n) is 5.56. The van der Waals surface area contributed by atoms with Crippen molar-refractivity contribution in [1.29, 1.82) is 0 Å². The number of hydrogen-bond acceptors (Lipinski definition) is 4. The molecule has 1 aliphatic rings. The molecule has 162 valence electrons. The molecule has 0 aliphatic carbocycles. The van der Waals surface area contributed by atoms with Crippen molar-refractivity contribution in [1.82, 2.24) is 15.2 Å². The van der Waals surface area contributed by atoms with Gasteiger partial charge in [0, 0.05) is 38.0 Å². The number of benzene rings is 1. The number of carbonyl (C=O) groups is 1. The molecule has 2 aromatic rings. The van der Waals surface area contributed by atoms with Crippen LogP contribution in [0.15, 0.2) is 59.7 Å². The van der Waals surface area contributed by atoms with Crippen molar-refractivity contribution in [3.63, 3.8) is 0 Å². The molecule has 6 nitrogen and oxygen atoms in total. The van der Waals surface area contributed by atoms with Crippen LogP contribution in [0.5, 0.6) is 0 Å². The molecule has 31 heavy (non-hydrogen) atoms. The predicted octanol–water partition coefficient (Wildman–Crippen LogP) is 5.31. The van der Waals surface area contributed by atoms with Crippen molar-refractivity contribution in [3.8, 4) is 0 Å². The standard InChI is InChI=1S/C25H31N5O/c1-7-18-12-17(4)13-24(30(18)6)29-23-14-22(20(15-27-23)16(2)3)28-21-11-9-8-10-19(21)25(31)26-5/h8-11,13-15,18H,2,7,12H2,1,3-6H3,(H,26,31)(H,27,28). The molecule has 1 aliphatic heterocycles. The van der Waals surface area contributed by atoms with Gasteiger partial charge >= 0.3 is 0 Å². The Bertz CT molecular complexity index is 1050. The highest BCUT2D eigenvalue weighted by atomic mass is 16.1. The van der Waals surface area contributed by atoms with Gasteiger partial charge in [-0.25, -0.2) is 9.98 Å². The van der Waals surface area contributed by atoms with Crippen LogP contribution >= 0.6 is 0 Å². The van der Waals surface area contributed by atoms with Crippen LogP contribution in [0.25, 0.3) is 5.57 Å². The van der Waals surface area contributed by atoms with E-state index < -0.39 is 0 Å². The number of para-hydroxylation sites is 1. The highest BCUT2D eigenvalue weighted by Gasteiger charge is 2.21. The summed E-state index contributed by atoms with van der Waals surface area (Å²) in [6.45, 7) is 10.4. The number of anilines is 2. The second-order valence-corrected chi connectivity index (χ2v) is 7.96. The molecule has 0 bridgehead atoms. The largest absolute Gasteiger partial charge is 0.356 e. The zero-order valence-electron chi connectivity index (χ0n) is 19.0. The van der Waals surface area contributed by atoms with E-state index in [1.165, 1.54) is 5.57 Å². The van der Waals surface area contributed by atoms with Crippen LogP contribution in [0.3, 0.4) is 0 Å². The van der Waals surface area contributed by atoms with Gasteiger partial charge in [-0.1, -0.05) is 31.2 Å². The summed E-state index contributed by atoms with van der Waals surface area (Å²) in [4.78, 5) is 23.9. The smallest absolute Gasteiger partial charge is 0.253 e. The quantitative estimate of drug-likeness (QED) is 0.668. The lowest BCUT2D eigenvalue weighted by Crippen LogP contribution is -2.38. The lowest BCUT2D eigenvalue weighted by atomic mass is 9.99. The van der Waals surface area contributed by atoms with Gasteiger partial charge in [0.2, 0.25) is 0 Å². The number of hydrogen-bond donors (Lipinski definition) is 2. The average Bonchev–Trinajstić information content (AvgIpc) is 2.75. The van der Waals surface area contributed by atoms with Crippen LogP contribution < -0.4 is 10.6 Å². The van der Waals surface area contributed by atoms with Gasteiger partial charge < -0.3 is 15.5 Å². The molecule has 0 saturated heterocycles. The Labute approximate surface area is 184 Å². The minimum Gasteiger partial charge on any atom is -0.356 e. The van der Waals surface area contributed by atoms with Gasteiger partial charge in [0.1, 0.15) is 5.84 Å². The number of amidine groups is 1. The first-order valence-corrected chi connectivity index (χ1v) is 10.6. The number of nitrogens with zero attached hydrogens (tertiary/aromatic N) is 3. The van der Waals surface area contributed by atoms with E-state index in [0.717, 1.165) is 35.5 Å². The molecule has 1 unspecified atom stereocenters. The molecule has 0 fully saturated rings. The lowest BCUT2D eigenvalue weighted by molar-refractivity contribution is 0.0964. The first-order chi connectivity index (χ1) is 14.8. The fourth-order valence-electron chi connectivity index (χ4n) is 3.74. The zero-order chi connectivity index (χ0) is 22.5. The molecular formula is C25H31N5O. The van der Waals surface area contributed by atoms with Crippen molar-refractivity contribution in [2.45, 2.75) is 39.7 Å². The Hall–Kier alpha value is -3.41. The number of aliphatic imine (C=N–C) groups is 1. The minimum absolute atomic E-state index is 0.149. The Morgan fingerprint density at radius 3 is 2.71 bits per heavy atom. The van der Waals surface area contributed by atoms with E-state index in [0.29, 0.717) is 23.1 Å². The molecular weight excluding hydrogens is 386 g/mol. The number of aromatic nitrogens is 1. The van der Waals surface area contributed by atoms with Crippen LogP contribution in [-0.2, 0) is 0 Å². The highest BCUT2D eigenvalue weighted by Crippen LogP contribution is 2.31. The number of pyridine rings is 1. The van der Waals surface area contributed by atoms with E-state index in [1.54, 1.807) is 19.3 Å². The van der Waals surface area contributed by atoms with Crippen LogP contribution in [-0.4, -0.2) is 41.8 Å². The maximum Gasteiger partial charge on any atom is 0.253 e. The first kappa shape index (κ1) is 22.3. The molecule has 0 radical (unpaired) electrons. The Morgan fingerprint density at radius 2 is 2.03 bits per heavy atom. The molecule has 1 aromatic carbocycles. The minimum atomic E-state index is -0.149. The van der Waals surface area contributed by atoms with Crippen LogP contribution in [0, 0.1) is 0 Å². The maximum atomic E-state index is 12.3. The summed E-state index contributed by atoms with van der Waals surface area (Å²) >= 11 is 0. The molecule has 0 saturated carbocycles. The van der Waals surface area contributed by atoms with Crippen molar-refractivity contribution in [2.24, 2.45) is 4.99 Å². The first-order valence-electron chi connectivity index (χ1n) is 10.6. The van der Waals surface area contributed by atoms with Crippen molar-refractivity contribution < 1.29 is 4.79 Å². The summed E-state index contributed by atoms with van der Waals surface area (Å²) < 4.78 is 0. The third kappa shape index (κ3) is 5.02. The Kier molecular flexibility index (Phi) is 6.90. The monoisotopic (exact) mass is 417 g/mol. The number of rotatable bonds is 6. The van der Waals surface area contributed by atoms with E-state index in [1.807, 2.05) is 31.2 Å². The number of carbonyl (C=O) groups excluding carboxylic acids is 1. The number of allylic oxidation sites excluding steroid dienone is 1. The summed E-state index contributed by atoms with van der Waals surface area (Å²) in [7, 11) is 3.70. The average molecular weight is 418 g/mol. The van der Waals surface area contributed by atoms with Crippen molar-refractivity contribution in [3.05, 3.63) is 65.9 Å². The van der Waals surface area contributed by atoms with E-state index >= 15 is 0 Å². The Balaban J connectivity index is 2.03. The van der Waals surface area contributed by atoms with Gasteiger partial charge in [-0.15, -0.1) is 0 Å². The van der Waals surface area contributed by atoms with Gasteiger partial charge in [0.15, 0.2) is 5.82 Å². The molecule has 1 aromatic heterocycles. The molecule has 3 rings (SSSR count). The highest BCUT2D eigenvalue weighted by molar-refractivity contribution is 6.00. The number of nitrogens with one attached hydrogen (secondary N) is 2. The summed E-state index contributed by atoms with van der Waals surface area (Å²) in [6, 6.07) is 9.76. The molecule has 2 heterocycles. The SMILES string of the molecule is C=C(C)c1cnc(N=C2C=C(C)CC(CC)N2C)cc1Nc1ccccc1C(=O)NC. The van der Waals surface area contributed by atoms with Gasteiger partial charge in [-0.3, -0.25) is 4.79 Å². The molecule has 1 amide bonds. The summed E-state index contributed by atoms with van der Waals surface area (Å²) in [6.07, 6.45) is 6.01. The maximum absolute atomic E-state index is 12.3. The summed E-state index contributed by atoms with van der Waals surface area (Å²) in [5.41, 5.74) is 5.17. The number of amides is 1. The molecule has 6 heteroatoms. The fraction of sp³-hybridized carbons (Fsp3) is 0.320. The fourth-order valence-corrected chi connectivity index (χ4v) is 3.74. The predicted molar refractivity (Wildman–Crippen MR) is 129 cm³/mol. The van der Waals surface area contributed by atoms with Crippen LogP contribution in [0.2, 0.25) is 0 Å². The van der Waals surface area contributed by atoms with E-state index in [2.05, 4.69) is 54.1 Å². The molecule has 0 spiro atoms. The molecule has 1 atom stereocenters. The second-order valence-electron chi connectivity index (χ2n) is 7.96. The van der Waals surface area contributed by atoms with Gasteiger partial charge in [-0.2, -0.15) is 0 Å². The van der Waals surface area contributed by atoms with E-state index in [4.69, 9.17) is 4.99 Å². The lowest BCUT2D eigenvalue weighted by Gasteiger charge is -2.33. The van der Waals surface area contributed by atoms with E-state index in [9.17, 15) is 4.79 Å². The topological polar surface area (TPSA) is 69.6 Å². The second kappa shape index (κ2) is 9.60. The van der Waals surface area contributed by atoms with Crippen molar-refractivity contribution >= 4 is 34.5 Å². The van der Waals surface area contributed by atoms with Gasteiger partial charge in [0.05, 0.1) is 16.9 Å². The van der Waals surface area contributed by atoms with Gasteiger partial charge in [0.25, 0.3) is 5.91 Å². The van der Waals surface area contributed by atoms with E-state index in [-0.39, 0.29) is 5.91 Å². The normalized spacial score (nSPS) is 17.3.